The number of aromatic hydroxyl groups is 1. The van der Waals surface area contributed by atoms with Crippen LogP contribution in [0.4, 0.5) is 0 Å². The number of aliphatic hydroxyl groups is 2. The number of aliphatic hydroxyl groups excluding tert-OH is 2. The molecular weight excluding hydrogens is 624 g/mol. The summed E-state index contributed by atoms with van der Waals surface area (Å²) >= 11 is 0. The van der Waals surface area contributed by atoms with Crippen LogP contribution in [0.25, 0.3) is 0 Å². The van der Waals surface area contributed by atoms with E-state index in [9.17, 15) is 20.1 Å². The predicted octanol–water partition coefficient (Wildman–Crippen LogP) is 1.55. The lowest BCUT2D eigenvalue weighted by Gasteiger charge is -2.46. The number of fused-ring (bicyclic) bond motifs is 4. The largest absolute Gasteiger partial charge is 0.504 e. The van der Waals surface area contributed by atoms with Crippen molar-refractivity contribution in [3.05, 3.63) is 23.3 Å². The molecule has 7 rings (SSSR count). The van der Waals surface area contributed by atoms with E-state index >= 15 is 0 Å². The van der Waals surface area contributed by atoms with Gasteiger partial charge >= 0.3 is 5.97 Å². The number of benzene rings is 1. The van der Waals surface area contributed by atoms with Gasteiger partial charge in [-0.3, -0.25) is 9.69 Å². The van der Waals surface area contributed by atoms with Crippen LogP contribution in [0, 0.1) is 35.0 Å². The van der Waals surface area contributed by atoms with Gasteiger partial charge < -0.3 is 46.1 Å². The molecule has 270 valence electrons. The second-order valence-corrected chi connectivity index (χ2v) is 15.2. The molecule has 0 aromatic heterocycles. The summed E-state index contributed by atoms with van der Waals surface area (Å²) in [5.74, 6) is 8.60. The van der Waals surface area contributed by atoms with E-state index in [0.717, 1.165) is 70.6 Å². The first-order chi connectivity index (χ1) is 23.7. The molecular formula is C37H56N6O6. The fourth-order valence-corrected chi connectivity index (χ4v) is 8.67. The molecule has 7 N–H and O–H groups in total. The topological polar surface area (TPSA) is 165 Å². The standard InChI is InChI=1S/C37H56N6O6/c1-25(45)48-34-17-31(46)4-8-37(9-12-42-18-26-13-27(19-42)21-43(20-26)24-41-36(38)40-23-37)7-2-3-28(34)14-29-16-35(33(47)15-30(29)22-44)49-32-5-10-39-11-6-32/h15-16,26-28,31-32,34,39,44,46-47H,3-6,8-14,17-24H2,1H3,(H3,38,40,41)/t26-,27-,28-,31-,34+,37-/m0/s1. The van der Waals surface area contributed by atoms with E-state index in [-0.39, 0.29) is 30.8 Å². The van der Waals surface area contributed by atoms with Crippen LogP contribution < -0.4 is 21.1 Å². The number of carbonyl (C=O) groups is 1. The maximum Gasteiger partial charge on any atom is 0.302 e. The summed E-state index contributed by atoms with van der Waals surface area (Å²) in [5.41, 5.74) is 7.35. The summed E-state index contributed by atoms with van der Waals surface area (Å²) in [6.07, 6.45) is 4.84. The highest BCUT2D eigenvalue weighted by Gasteiger charge is 2.37. The van der Waals surface area contributed by atoms with E-state index in [1.54, 1.807) is 6.07 Å². The minimum absolute atomic E-state index is 0.00563. The average Bonchev–Trinajstić information content (AvgIpc) is 3.08. The smallest absolute Gasteiger partial charge is 0.302 e. The predicted molar refractivity (Wildman–Crippen MR) is 187 cm³/mol. The molecule has 3 saturated heterocycles. The molecule has 1 spiro atoms. The molecule has 0 unspecified atom stereocenters. The summed E-state index contributed by atoms with van der Waals surface area (Å²) in [6.45, 7) is 9.18. The lowest BCUT2D eigenvalue weighted by atomic mass is 9.76. The van der Waals surface area contributed by atoms with Gasteiger partial charge in [-0.05, 0) is 99.7 Å². The fourth-order valence-electron chi connectivity index (χ4n) is 8.67. The van der Waals surface area contributed by atoms with Crippen LogP contribution >= 0.6 is 0 Å². The number of nitrogens with two attached hydrogens (primary N) is 1. The molecule has 3 fully saturated rings. The second kappa shape index (κ2) is 16.3. The van der Waals surface area contributed by atoms with Crippen LogP contribution in [0.2, 0.25) is 0 Å². The van der Waals surface area contributed by atoms with Crippen LogP contribution in [-0.4, -0.2) is 114 Å². The molecule has 1 aromatic rings. The Bertz CT molecular complexity index is 1380. The van der Waals surface area contributed by atoms with Gasteiger partial charge in [-0.2, -0.15) is 0 Å². The van der Waals surface area contributed by atoms with Crippen molar-refractivity contribution in [3.8, 4) is 23.3 Å². The first kappa shape index (κ1) is 35.7. The van der Waals surface area contributed by atoms with Gasteiger partial charge in [0.2, 0.25) is 0 Å². The highest BCUT2D eigenvalue weighted by Crippen LogP contribution is 2.37. The number of rotatable bonds is 6. The lowest BCUT2D eigenvalue weighted by Crippen LogP contribution is -2.53. The molecule has 12 nitrogen and oxygen atoms in total. The van der Waals surface area contributed by atoms with Gasteiger partial charge in [0.1, 0.15) is 12.2 Å². The number of piperidine rings is 3. The average molecular weight is 681 g/mol. The molecule has 0 amide bonds. The summed E-state index contributed by atoms with van der Waals surface area (Å²) in [7, 11) is 0. The quantitative estimate of drug-likeness (QED) is 0.191. The van der Waals surface area contributed by atoms with Gasteiger partial charge in [-0.15, -0.1) is 5.92 Å². The maximum absolute atomic E-state index is 12.3. The van der Waals surface area contributed by atoms with Crippen LogP contribution in [0.3, 0.4) is 0 Å². The van der Waals surface area contributed by atoms with E-state index in [0.29, 0.717) is 68.0 Å². The van der Waals surface area contributed by atoms with Crippen LogP contribution in [0.5, 0.6) is 11.5 Å². The zero-order valence-electron chi connectivity index (χ0n) is 29.0. The van der Waals surface area contributed by atoms with E-state index in [1.807, 2.05) is 6.07 Å². The van der Waals surface area contributed by atoms with E-state index < -0.39 is 23.6 Å². The molecule has 4 bridgehead atoms. The third-order valence-electron chi connectivity index (χ3n) is 11.2. The third kappa shape index (κ3) is 9.58. The molecule has 1 aromatic carbocycles. The van der Waals surface area contributed by atoms with Gasteiger partial charge in [-0.1, -0.05) is 5.92 Å². The Labute approximate surface area is 290 Å². The lowest BCUT2D eigenvalue weighted by molar-refractivity contribution is -0.151. The Kier molecular flexibility index (Phi) is 11.9. The Morgan fingerprint density at radius 1 is 1.08 bits per heavy atom. The highest BCUT2D eigenvalue weighted by atomic mass is 16.5. The number of nitrogens with one attached hydrogen (secondary N) is 2. The number of phenols is 1. The van der Waals surface area contributed by atoms with E-state index in [2.05, 4.69) is 37.3 Å². The monoisotopic (exact) mass is 680 g/mol. The number of esters is 1. The normalized spacial score (nSPS) is 34.3. The van der Waals surface area contributed by atoms with E-state index in [1.165, 1.54) is 13.3 Å². The summed E-state index contributed by atoms with van der Waals surface area (Å²) < 4.78 is 12.1. The van der Waals surface area contributed by atoms with Crippen molar-refractivity contribution in [2.45, 2.75) is 89.6 Å². The fraction of sp³-hybridized carbons (Fsp3) is 0.730. The van der Waals surface area contributed by atoms with Crippen molar-refractivity contribution in [2.75, 3.05) is 59.0 Å². The Morgan fingerprint density at radius 3 is 2.57 bits per heavy atom. The van der Waals surface area contributed by atoms with Gasteiger partial charge in [-0.25, -0.2) is 4.99 Å². The number of hydrogen-bond donors (Lipinski definition) is 6. The minimum atomic E-state index is -0.699. The summed E-state index contributed by atoms with van der Waals surface area (Å²) in [6, 6.07) is 3.38. The Hall–Kier alpha value is -3.08. The van der Waals surface area contributed by atoms with Gasteiger partial charge in [0.15, 0.2) is 17.5 Å². The molecule has 6 aliphatic rings. The van der Waals surface area contributed by atoms with Crippen LogP contribution in [-0.2, 0) is 22.6 Å². The molecule has 0 radical (unpaired) electrons. The van der Waals surface area contributed by atoms with E-state index in [4.69, 9.17) is 15.2 Å². The summed E-state index contributed by atoms with van der Waals surface area (Å²) in [5, 5.41) is 39.2. The van der Waals surface area contributed by atoms with Gasteiger partial charge in [0, 0.05) is 58.4 Å². The first-order valence-electron chi connectivity index (χ1n) is 18.3. The highest BCUT2D eigenvalue weighted by molar-refractivity contribution is 5.77. The molecule has 12 heteroatoms. The SMILES string of the molecule is CC(=O)O[C@@H]1C[C@@H](O)CC[C@@]2(C#CC[C@H]1Cc1cc(OC3CCNCC3)c(O)cc1CO)CCN1C[C@@H]3C[C@@H](C1)CN(CN=C(N)NC2)C3. The maximum atomic E-state index is 12.3. The Balaban J connectivity index is 1.28. The van der Waals surface area contributed by atoms with Crippen LogP contribution in [0.1, 0.15) is 69.4 Å². The Morgan fingerprint density at radius 2 is 1.84 bits per heavy atom. The number of phenolic OH excluding ortho intramolecular Hbond substituents is 1. The number of hydrogen-bond acceptors (Lipinski definition) is 12. The van der Waals surface area contributed by atoms with Crippen molar-refractivity contribution in [1.82, 2.24) is 20.4 Å². The van der Waals surface area contributed by atoms with Crippen molar-refractivity contribution in [2.24, 2.45) is 33.9 Å². The van der Waals surface area contributed by atoms with Gasteiger partial charge in [0.05, 0.1) is 24.8 Å². The van der Waals surface area contributed by atoms with Crippen LogP contribution in [0.15, 0.2) is 17.1 Å². The van der Waals surface area contributed by atoms with Crippen molar-refractivity contribution in [3.63, 3.8) is 0 Å². The number of aliphatic imine (C=N–C) groups is 1. The number of guanidine groups is 1. The first-order valence-corrected chi connectivity index (χ1v) is 18.3. The number of carbonyl (C=O) groups excluding carboxylic acids is 1. The molecule has 49 heavy (non-hydrogen) atoms. The summed E-state index contributed by atoms with van der Waals surface area (Å²) in [4.78, 5) is 22.1. The molecule has 6 atom stereocenters. The van der Waals surface area contributed by atoms with Crippen molar-refractivity contribution >= 4 is 11.9 Å². The van der Waals surface area contributed by atoms with Gasteiger partial charge in [0.25, 0.3) is 0 Å². The molecule has 1 aliphatic carbocycles. The number of nitrogens with zero attached hydrogens (tertiary/aromatic N) is 3. The second-order valence-electron chi connectivity index (χ2n) is 15.2. The molecule has 5 aliphatic heterocycles. The minimum Gasteiger partial charge on any atom is -0.504 e. The van der Waals surface area contributed by atoms with Crippen molar-refractivity contribution < 1.29 is 29.6 Å². The molecule has 0 saturated carbocycles. The van der Waals surface area contributed by atoms with Crippen molar-refractivity contribution in [1.29, 1.82) is 0 Å². The molecule has 5 heterocycles. The third-order valence-corrected chi connectivity index (χ3v) is 11.2. The number of ether oxygens (including phenoxy) is 2. The zero-order valence-corrected chi connectivity index (χ0v) is 29.0. The zero-order chi connectivity index (χ0) is 34.4.